The zero-order valence-corrected chi connectivity index (χ0v) is 12.1. The number of ether oxygens (including phenoxy) is 1. The molecule has 0 aromatic rings. The van der Waals surface area contributed by atoms with Gasteiger partial charge in [-0.15, -0.1) is 0 Å². The molecule has 98 valence electrons. The molecule has 1 saturated carbocycles. The van der Waals surface area contributed by atoms with Gasteiger partial charge in [-0.05, 0) is 32.5 Å². The molecule has 1 fully saturated rings. The molecule has 0 heterocycles. The molecule has 0 unspecified atom stereocenters. The zero-order valence-electron chi connectivity index (χ0n) is 11.1. The minimum atomic E-state index is -1.75. The molecule has 0 bridgehead atoms. The highest BCUT2D eigenvalue weighted by molar-refractivity contribution is 6.69. The van der Waals surface area contributed by atoms with Gasteiger partial charge in [0.05, 0.1) is 13.2 Å². The molecule has 1 aliphatic rings. The van der Waals surface area contributed by atoms with Crippen molar-refractivity contribution in [1.82, 2.24) is 5.32 Å². The summed E-state index contributed by atoms with van der Waals surface area (Å²) in [5.74, 6) is -0.651. The van der Waals surface area contributed by atoms with E-state index in [2.05, 4.69) is 25.0 Å². The third-order valence-corrected chi connectivity index (χ3v) is 3.79. The summed E-state index contributed by atoms with van der Waals surface area (Å²) in [4.78, 5) is 23.1. The molecule has 0 spiro atoms. The Morgan fingerprint density at radius 1 is 1.35 bits per heavy atom. The first-order chi connectivity index (χ1) is 7.71. The Hall–Kier alpha value is -0.883. The largest absolute Gasteiger partial charge is 0.467 e. The van der Waals surface area contributed by atoms with Crippen LogP contribution < -0.4 is 5.32 Å². The summed E-state index contributed by atoms with van der Waals surface area (Å²) in [6, 6.07) is 0. The van der Waals surface area contributed by atoms with Gasteiger partial charge in [-0.1, -0.05) is 0 Å². The van der Waals surface area contributed by atoms with E-state index in [1.165, 1.54) is 14.0 Å². The molecule has 1 amide bonds. The van der Waals surface area contributed by atoms with E-state index in [0.717, 1.165) is 6.42 Å². The minimum absolute atomic E-state index is 0.237. The summed E-state index contributed by atoms with van der Waals surface area (Å²) in [6.45, 7) is 7.57. The van der Waals surface area contributed by atoms with Gasteiger partial charge in [-0.2, -0.15) is 0 Å². The van der Waals surface area contributed by atoms with Crippen molar-refractivity contribution in [1.29, 1.82) is 0 Å². The fraction of sp³-hybridized carbons (Fsp3) is 0.818. The maximum atomic E-state index is 11.8. The van der Waals surface area contributed by atoms with Gasteiger partial charge in [0.15, 0.2) is 13.9 Å². The Bertz CT molecular complexity index is 326. The van der Waals surface area contributed by atoms with Crippen LogP contribution in [0.5, 0.6) is 0 Å². The lowest BCUT2D eigenvalue weighted by Crippen LogP contribution is -2.70. The summed E-state index contributed by atoms with van der Waals surface area (Å²) in [6.07, 6.45) is 1.10. The van der Waals surface area contributed by atoms with Gasteiger partial charge in [0.25, 0.3) is 0 Å². The number of methoxy groups -OCH3 is 1. The summed E-state index contributed by atoms with van der Waals surface area (Å²) in [7, 11) is -0.418. The Morgan fingerprint density at radius 2 is 1.94 bits per heavy atom. The normalized spacial score (nSPS) is 28.2. The first-order valence-electron chi connectivity index (χ1n) is 5.76. The lowest BCUT2D eigenvalue weighted by molar-refractivity contribution is -0.163. The van der Waals surface area contributed by atoms with Crippen LogP contribution in [0.4, 0.5) is 0 Å². The summed E-state index contributed by atoms with van der Waals surface area (Å²) < 4.78 is 10.7. The van der Waals surface area contributed by atoms with E-state index < -0.39 is 19.8 Å². The van der Waals surface area contributed by atoms with Crippen molar-refractivity contribution in [2.75, 3.05) is 7.11 Å². The van der Waals surface area contributed by atoms with Crippen molar-refractivity contribution in [3.05, 3.63) is 0 Å². The highest BCUT2D eigenvalue weighted by Crippen LogP contribution is 2.37. The predicted octanol–water partition coefficient (Wildman–Crippen LogP) is 1.05. The molecule has 2 atom stereocenters. The van der Waals surface area contributed by atoms with Crippen molar-refractivity contribution in [3.63, 3.8) is 0 Å². The van der Waals surface area contributed by atoms with E-state index in [1.54, 1.807) is 0 Å². The quantitative estimate of drug-likeness (QED) is 0.605. The van der Waals surface area contributed by atoms with Crippen LogP contribution in [0.15, 0.2) is 0 Å². The van der Waals surface area contributed by atoms with E-state index in [1.807, 2.05) is 0 Å². The van der Waals surface area contributed by atoms with E-state index >= 15 is 0 Å². The average Bonchev–Trinajstić information content (AvgIpc) is 2.18. The monoisotopic (exact) mass is 259 g/mol. The third-order valence-electron chi connectivity index (χ3n) is 2.80. The molecule has 0 radical (unpaired) electrons. The predicted molar refractivity (Wildman–Crippen MR) is 66.0 cm³/mol. The molecule has 6 heteroatoms. The molecule has 0 aliphatic heterocycles. The molecule has 0 saturated heterocycles. The van der Waals surface area contributed by atoms with Crippen molar-refractivity contribution in [2.24, 2.45) is 0 Å². The van der Waals surface area contributed by atoms with Crippen molar-refractivity contribution in [3.8, 4) is 0 Å². The van der Waals surface area contributed by atoms with Gasteiger partial charge >= 0.3 is 5.97 Å². The Morgan fingerprint density at radius 3 is 2.24 bits per heavy atom. The number of carbonyl (C=O) groups is 2. The molecule has 1 aliphatic carbocycles. The molecule has 1 rings (SSSR count). The number of rotatable bonds is 4. The molecule has 0 aromatic carbocycles. The van der Waals surface area contributed by atoms with Crippen LogP contribution in [-0.4, -0.2) is 38.9 Å². The van der Waals surface area contributed by atoms with Crippen molar-refractivity contribution < 1.29 is 18.8 Å². The highest BCUT2D eigenvalue weighted by Gasteiger charge is 2.56. The molecular weight excluding hydrogens is 238 g/mol. The summed E-state index contributed by atoms with van der Waals surface area (Å²) in [5, 5.41) is 2.70. The van der Waals surface area contributed by atoms with E-state index in [4.69, 9.17) is 9.16 Å². The number of hydrogen-bond donors (Lipinski definition) is 1. The summed E-state index contributed by atoms with van der Waals surface area (Å²) in [5.41, 5.74) is -0.971. The second-order valence-corrected chi connectivity index (χ2v) is 9.86. The Labute approximate surface area is 103 Å². The van der Waals surface area contributed by atoms with Gasteiger partial charge in [-0.3, -0.25) is 4.79 Å². The molecular formula is C11H21NO4Si. The first-order valence-corrected chi connectivity index (χ1v) is 9.17. The molecule has 1 N–H and O–H groups in total. The van der Waals surface area contributed by atoms with Crippen LogP contribution in [0.1, 0.15) is 19.8 Å². The van der Waals surface area contributed by atoms with Gasteiger partial charge in [-0.25, -0.2) is 4.79 Å². The highest BCUT2D eigenvalue weighted by atomic mass is 28.4. The molecule has 5 nitrogen and oxygen atoms in total. The van der Waals surface area contributed by atoms with Crippen LogP contribution in [-0.2, 0) is 18.8 Å². The Balaban J connectivity index is 2.85. The number of hydrogen-bond acceptors (Lipinski definition) is 4. The minimum Gasteiger partial charge on any atom is -0.467 e. The van der Waals surface area contributed by atoms with E-state index in [9.17, 15) is 9.59 Å². The first kappa shape index (κ1) is 14.2. The maximum Gasteiger partial charge on any atom is 0.334 e. The second-order valence-electron chi connectivity index (χ2n) is 5.40. The van der Waals surface area contributed by atoms with E-state index in [-0.39, 0.29) is 12.0 Å². The maximum absolute atomic E-state index is 11.8. The van der Waals surface area contributed by atoms with Crippen LogP contribution >= 0.6 is 0 Å². The van der Waals surface area contributed by atoms with Gasteiger partial charge in [0.2, 0.25) is 5.91 Å². The second kappa shape index (κ2) is 4.78. The SMILES string of the molecule is COC(=O)[C@@]1(NC(C)=O)CC[C@H]1O[Si](C)(C)C. The van der Waals surface area contributed by atoms with Crippen LogP contribution in [0.2, 0.25) is 19.6 Å². The van der Waals surface area contributed by atoms with Crippen LogP contribution in [0.25, 0.3) is 0 Å². The standard InChI is InChI=1S/C11H21NO4Si/c1-8(13)12-11(10(14)15-2)7-6-9(11)16-17(3,4)5/h9H,6-7H2,1-5H3,(H,12,13)/t9-,11-/m1/s1. The number of carbonyl (C=O) groups excluding carboxylic acids is 2. The fourth-order valence-electron chi connectivity index (χ4n) is 2.06. The summed E-state index contributed by atoms with van der Waals surface area (Å²) >= 11 is 0. The molecule has 0 aromatic heterocycles. The smallest absolute Gasteiger partial charge is 0.334 e. The number of nitrogens with one attached hydrogen (secondary N) is 1. The van der Waals surface area contributed by atoms with Gasteiger partial charge < -0.3 is 14.5 Å². The van der Waals surface area contributed by atoms with Gasteiger partial charge in [0.1, 0.15) is 0 Å². The third kappa shape index (κ3) is 3.07. The van der Waals surface area contributed by atoms with Gasteiger partial charge in [0, 0.05) is 6.92 Å². The van der Waals surface area contributed by atoms with Crippen molar-refractivity contribution >= 4 is 20.2 Å². The van der Waals surface area contributed by atoms with Crippen molar-refractivity contribution in [2.45, 2.75) is 51.0 Å². The molecule has 17 heavy (non-hydrogen) atoms. The fourth-order valence-corrected chi connectivity index (χ4v) is 3.23. The average molecular weight is 259 g/mol. The number of amides is 1. The topological polar surface area (TPSA) is 64.6 Å². The lowest BCUT2D eigenvalue weighted by atomic mass is 9.73. The number of esters is 1. The van der Waals surface area contributed by atoms with E-state index in [0.29, 0.717) is 6.42 Å². The zero-order chi connectivity index (χ0) is 13.3. The van der Waals surface area contributed by atoms with Crippen LogP contribution in [0.3, 0.4) is 0 Å². The lowest BCUT2D eigenvalue weighted by Gasteiger charge is -2.48. The van der Waals surface area contributed by atoms with Crippen LogP contribution in [0, 0.1) is 0 Å². The Kier molecular flexibility index (Phi) is 3.98.